The van der Waals surface area contributed by atoms with Gasteiger partial charge in [-0.15, -0.1) is 0 Å². The number of nitrogens with zero attached hydrogens (tertiary/aromatic N) is 2. The van der Waals surface area contributed by atoms with Crippen molar-refractivity contribution in [2.45, 2.75) is 115 Å². The normalized spacial score (nSPS) is 17.5. The van der Waals surface area contributed by atoms with Crippen LogP contribution in [0.2, 0.25) is 0 Å². The topological polar surface area (TPSA) is 326 Å². The Balaban J connectivity index is 2.16. The van der Waals surface area contributed by atoms with E-state index in [1.165, 1.54) is 17.0 Å². The Labute approximate surface area is 355 Å². The summed E-state index contributed by atoms with van der Waals surface area (Å²) in [5, 5.41) is 45.2. The number of aliphatic imine (C=N–C) groups is 1. The Hall–Kier alpha value is -6.31. The molecule has 61 heavy (non-hydrogen) atoms. The Morgan fingerprint density at radius 2 is 1.52 bits per heavy atom. The number of carboxylic acid groups (broad SMARTS) is 1. The zero-order valence-electron chi connectivity index (χ0n) is 35.7. The molecule has 0 saturated heterocycles. The minimum atomic E-state index is -1.46. The predicted octanol–water partition coefficient (Wildman–Crippen LogP) is 0.898. The third kappa shape index (κ3) is 15.7. The van der Waals surface area contributed by atoms with Gasteiger partial charge < -0.3 is 68.7 Å². The zero-order chi connectivity index (χ0) is 45.7. The molecule has 336 valence electrons. The average Bonchev–Trinajstić information content (AvgIpc) is 3.15. The van der Waals surface area contributed by atoms with Crippen LogP contribution in [0, 0.1) is 0 Å². The SMILES string of the molecule is CC(C)(C)OC(=O)N[C@H]1Cc2cc(ccc2O)-c2ccc(O)c(c2)C[C@@H](C(=O)N[C@@H](CCCN=C(N)N)C(=O)NCCN)NC(=O)[C@H](CCCN(C(=O)O)C(C)(C)C)NC1=O. The largest absolute Gasteiger partial charge is 0.508 e. The van der Waals surface area contributed by atoms with Crippen molar-refractivity contribution in [3.05, 3.63) is 47.5 Å². The Morgan fingerprint density at radius 1 is 0.918 bits per heavy atom. The van der Waals surface area contributed by atoms with Gasteiger partial charge >= 0.3 is 12.2 Å². The molecular weight excluding hydrogens is 793 g/mol. The Morgan fingerprint density at radius 3 is 2.07 bits per heavy atom. The molecule has 0 unspecified atom stereocenters. The first kappa shape index (κ1) is 49.1. The zero-order valence-corrected chi connectivity index (χ0v) is 35.7. The minimum absolute atomic E-state index is 0.0389. The van der Waals surface area contributed by atoms with E-state index < -0.39 is 71.1 Å². The first-order chi connectivity index (χ1) is 28.5. The van der Waals surface area contributed by atoms with Gasteiger partial charge in [-0.25, -0.2) is 9.59 Å². The number of aromatic hydroxyl groups is 2. The average molecular weight is 855 g/mol. The first-order valence-corrected chi connectivity index (χ1v) is 20.1. The number of hydrogen-bond acceptors (Lipinski definition) is 11. The molecule has 20 heteroatoms. The molecule has 0 aliphatic carbocycles. The van der Waals surface area contributed by atoms with Crippen molar-refractivity contribution in [1.82, 2.24) is 31.5 Å². The number of benzene rings is 2. The van der Waals surface area contributed by atoms with Crippen LogP contribution in [0.4, 0.5) is 9.59 Å². The van der Waals surface area contributed by atoms with Crippen LogP contribution in [-0.4, -0.2) is 123 Å². The lowest BCUT2D eigenvalue weighted by molar-refractivity contribution is -0.134. The highest BCUT2D eigenvalue weighted by Gasteiger charge is 2.34. The van der Waals surface area contributed by atoms with Crippen LogP contribution in [0.25, 0.3) is 11.1 Å². The second-order valence-electron chi connectivity index (χ2n) is 16.8. The fourth-order valence-corrected chi connectivity index (χ4v) is 6.51. The van der Waals surface area contributed by atoms with Crippen molar-refractivity contribution in [1.29, 1.82) is 0 Å². The molecule has 0 radical (unpaired) electrons. The molecule has 3 rings (SSSR count). The van der Waals surface area contributed by atoms with Crippen molar-refractivity contribution in [3.63, 3.8) is 0 Å². The highest BCUT2D eigenvalue weighted by Crippen LogP contribution is 2.31. The second-order valence-corrected chi connectivity index (χ2v) is 16.8. The number of fused-ring (bicyclic) bond motifs is 5. The van der Waals surface area contributed by atoms with Crippen molar-refractivity contribution in [2.75, 3.05) is 26.2 Å². The molecule has 1 aliphatic rings. The van der Waals surface area contributed by atoms with Gasteiger partial charge in [-0.05, 0) is 114 Å². The Kier molecular flexibility index (Phi) is 17.5. The molecule has 0 spiro atoms. The van der Waals surface area contributed by atoms with Crippen molar-refractivity contribution in [2.24, 2.45) is 22.2 Å². The fraction of sp³-hybridized carbons (Fsp3) is 0.537. The lowest BCUT2D eigenvalue weighted by Crippen LogP contribution is -2.59. The number of guanidine groups is 1. The lowest BCUT2D eigenvalue weighted by atomic mass is 9.95. The van der Waals surface area contributed by atoms with Crippen LogP contribution < -0.4 is 43.8 Å². The highest BCUT2D eigenvalue weighted by molar-refractivity contribution is 5.95. The highest BCUT2D eigenvalue weighted by atomic mass is 16.6. The number of phenolic OH excluding ortho intramolecular Hbond substituents is 2. The van der Waals surface area contributed by atoms with Gasteiger partial charge in [0.25, 0.3) is 0 Å². The van der Waals surface area contributed by atoms with Crippen molar-refractivity contribution < 1.29 is 48.8 Å². The first-order valence-electron chi connectivity index (χ1n) is 20.1. The van der Waals surface area contributed by atoms with E-state index in [9.17, 15) is 44.1 Å². The molecule has 6 amide bonds. The van der Waals surface area contributed by atoms with Crippen LogP contribution in [0.1, 0.15) is 78.4 Å². The van der Waals surface area contributed by atoms with E-state index in [4.69, 9.17) is 21.9 Å². The van der Waals surface area contributed by atoms with E-state index >= 15 is 0 Å². The summed E-state index contributed by atoms with van der Waals surface area (Å²) in [5.41, 5.74) is 16.3. The summed E-state index contributed by atoms with van der Waals surface area (Å²) >= 11 is 0. The number of hydrogen-bond donors (Lipinski definition) is 11. The molecule has 1 heterocycles. The van der Waals surface area contributed by atoms with Crippen LogP contribution in [0.5, 0.6) is 11.5 Å². The maximum atomic E-state index is 14.4. The van der Waals surface area contributed by atoms with Gasteiger partial charge in [0, 0.05) is 44.6 Å². The third-order valence-corrected chi connectivity index (χ3v) is 9.55. The number of phenols is 2. The summed E-state index contributed by atoms with van der Waals surface area (Å²) in [6, 6.07) is 3.80. The number of rotatable bonds is 14. The molecule has 14 N–H and O–H groups in total. The third-order valence-electron chi connectivity index (χ3n) is 9.55. The predicted molar refractivity (Wildman–Crippen MR) is 227 cm³/mol. The maximum Gasteiger partial charge on any atom is 0.408 e. The van der Waals surface area contributed by atoms with Crippen LogP contribution in [-0.2, 0) is 36.8 Å². The summed E-state index contributed by atoms with van der Waals surface area (Å²) in [4.78, 5) is 86.5. The quantitative estimate of drug-likeness (QED) is 0.0716. The molecule has 0 saturated carbocycles. The smallest absolute Gasteiger partial charge is 0.408 e. The van der Waals surface area contributed by atoms with E-state index in [1.807, 2.05) is 0 Å². The molecule has 4 bridgehead atoms. The standard InChI is InChI=1S/C41H62N10O10/c1-40(2,3)51(39(59)60)18-8-10-28-34(55)49-29(35(56)47-27(33(54)45-17-15-42)9-7-16-46-37(43)44)21-25-19-23(11-13-31(25)52)24-12-14-32(53)26(20-24)22-30(36(57)48-28)50-38(58)61-41(4,5)6/h11-14,19-20,27-30,52-53H,7-10,15-18,21-22,42H2,1-6H3,(H,45,54)(H,47,56)(H,48,57)(H,49,55)(H,50,58)(H,59,60)(H4,43,44,46)/t27-,28-,29-,30-/m0/s1. The van der Waals surface area contributed by atoms with Crippen molar-refractivity contribution >= 4 is 41.8 Å². The maximum absolute atomic E-state index is 14.4. The molecule has 0 aromatic heterocycles. The number of nitrogens with one attached hydrogen (secondary N) is 5. The Bertz CT molecular complexity index is 1920. The van der Waals surface area contributed by atoms with Gasteiger partial charge in [-0.3, -0.25) is 24.2 Å². The fourth-order valence-electron chi connectivity index (χ4n) is 6.51. The minimum Gasteiger partial charge on any atom is -0.508 e. The van der Waals surface area contributed by atoms with Gasteiger partial charge in [-0.1, -0.05) is 12.1 Å². The summed E-state index contributed by atoms with van der Waals surface area (Å²) in [5.74, 6) is -3.66. The number of amides is 6. The molecule has 4 atom stereocenters. The van der Waals surface area contributed by atoms with E-state index in [0.717, 1.165) is 0 Å². The molecule has 2 aromatic carbocycles. The summed E-state index contributed by atoms with van der Waals surface area (Å²) in [7, 11) is 0. The summed E-state index contributed by atoms with van der Waals surface area (Å²) < 4.78 is 5.43. The molecule has 20 nitrogen and oxygen atoms in total. The van der Waals surface area contributed by atoms with E-state index in [2.05, 4.69) is 31.6 Å². The molecule has 0 fully saturated rings. The van der Waals surface area contributed by atoms with Crippen LogP contribution in [0.3, 0.4) is 0 Å². The van der Waals surface area contributed by atoms with Gasteiger partial charge in [0.05, 0.1) is 0 Å². The number of carbonyl (C=O) groups is 6. The van der Waals surface area contributed by atoms with E-state index in [-0.39, 0.29) is 93.3 Å². The monoisotopic (exact) mass is 854 g/mol. The summed E-state index contributed by atoms with van der Waals surface area (Å²) in [6.07, 6.45) is -2.42. The molecular formula is C41H62N10O10. The van der Waals surface area contributed by atoms with Crippen molar-refractivity contribution in [3.8, 4) is 22.6 Å². The summed E-state index contributed by atoms with van der Waals surface area (Å²) in [6.45, 7) is 10.4. The van der Waals surface area contributed by atoms with E-state index in [1.54, 1.807) is 65.8 Å². The number of carbonyl (C=O) groups excluding carboxylic acids is 5. The van der Waals surface area contributed by atoms with Gasteiger partial charge in [0.2, 0.25) is 23.6 Å². The molecule has 1 aliphatic heterocycles. The van der Waals surface area contributed by atoms with Gasteiger partial charge in [0.1, 0.15) is 41.3 Å². The molecule has 2 aromatic rings. The number of nitrogens with two attached hydrogens (primary N) is 3. The number of ether oxygens (including phenoxy) is 1. The van der Waals surface area contributed by atoms with Gasteiger partial charge in [-0.2, -0.15) is 0 Å². The second kappa shape index (κ2) is 21.8. The van der Waals surface area contributed by atoms with Gasteiger partial charge in [0.15, 0.2) is 5.96 Å². The number of alkyl carbamates (subject to hydrolysis) is 1. The van der Waals surface area contributed by atoms with Crippen LogP contribution >= 0.6 is 0 Å². The van der Waals surface area contributed by atoms with Crippen LogP contribution in [0.15, 0.2) is 41.4 Å². The van der Waals surface area contributed by atoms with E-state index in [0.29, 0.717) is 11.1 Å². The lowest BCUT2D eigenvalue weighted by Gasteiger charge is -2.33.